The Morgan fingerprint density at radius 2 is 2.18 bits per heavy atom. The number of nitrogens with one attached hydrogen (secondary N) is 1. The standard InChI is InChI=1S/C13H16N2O2/c1-3-10-6-4-5-7-12(10)17-13-15-11(8-14-2)9-16-13/h4-7,9,14H,3,8H2,1-2H3. The van der Waals surface area contributed by atoms with Crippen molar-refractivity contribution < 1.29 is 9.15 Å². The van der Waals surface area contributed by atoms with Crippen LogP contribution in [0.2, 0.25) is 0 Å². The molecule has 0 spiro atoms. The first kappa shape index (κ1) is 11.7. The monoisotopic (exact) mass is 232 g/mol. The third-order valence-corrected chi connectivity index (χ3v) is 2.44. The zero-order valence-corrected chi connectivity index (χ0v) is 10.1. The molecule has 2 rings (SSSR count). The Bertz CT molecular complexity index is 480. The van der Waals surface area contributed by atoms with Crippen LogP contribution in [0.3, 0.4) is 0 Å². The van der Waals surface area contributed by atoms with E-state index in [1.165, 1.54) is 0 Å². The van der Waals surface area contributed by atoms with Crippen LogP contribution in [-0.4, -0.2) is 12.0 Å². The normalized spacial score (nSPS) is 10.5. The molecular formula is C13H16N2O2. The van der Waals surface area contributed by atoms with Gasteiger partial charge in [0.15, 0.2) is 0 Å². The number of hydrogen-bond donors (Lipinski definition) is 1. The molecule has 0 saturated carbocycles. The minimum Gasteiger partial charge on any atom is -0.417 e. The predicted molar refractivity (Wildman–Crippen MR) is 65.2 cm³/mol. The van der Waals surface area contributed by atoms with E-state index >= 15 is 0 Å². The fraction of sp³-hybridized carbons (Fsp3) is 0.308. The summed E-state index contributed by atoms with van der Waals surface area (Å²) < 4.78 is 10.9. The van der Waals surface area contributed by atoms with Gasteiger partial charge in [-0.05, 0) is 25.1 Å². The number of rotatable bonds is 5. The first-order valence-corrected chi connectivity index (χ1v) is 5.68. The van der Waals surface area contributed by atoms with Crippen molar-refractivity contribution in [3.05, 3.63) is 41.8 Å². The number of aryl methyl sites for hydroxylation is 1. The molecule has 1 aromatic heterocycles. The summed E-state index contributed by atoms with van der Waals surface area (Å²) >= 11 is 0. The van der Waals surface area contributed by atoms with Crippen molar-refractivity contribution in [3.63, 3.8) is 0 Å². The molecule has 1 aromatic carbocycles. The van der Waals surface area contributed by atoms with Crippen molar-refractivity contribution in [2.45, 2.75) is 19.9 Å². The highest BCUT2D eigenvalue weighted by atomic mass is 16.6. The van der Waals surface area contributed by atoms with E-state index in [1.807, 2.05) is 31.3 Å². The van der Waals surface area contributed by atoms with Gasteiger partial charge in [0.2, 0.25) is 0 Å². The van der Waals surface area contributed by atoms with E-state index in [0.29, 0.717) is 6.54 Å². The van der Waals surface area contributed by atoms with E-state index in [9.17, 15) is 0 Å². The quantitative estimate of drug-likeness (QED) is 0.861. The highest BCUT2D eigenvalue weighted by molar-refractivity contribution is 5.34. The van der Waals surface area contributed by atoms with Crippen LogP contribution in [0, 0.1) is 0 Å². The molecule has 0 radical (unpaired) electrons. The predicted octanol–water partition coefficient (Wildman–Crippen LogP) is 2.75. The molecule has 1 N–H and O–H groups in total. The Labute approximate surface area is 101 Å². The fourth-order valence-electron chi connectivity index (χ4n) is 1.59. The second-order valence-corrected chi connectivity index (χ2v) is 3.70. The van der Waals surface area contributed by atoms with E-state index < -0.39 is 0 Å². The van der Waals surface area contributed by atoms with Crippen molar-refractivity contribution in [2.75, 3.05) is 7.05 Å². The first-order chi connectivity index (χ1) is 8.33. The molecule has 0 fully saturated rings. The molecule has 4 nitrogen and oxygen atoms in total. The molecule has 90 valence electrons. The van der Waals surface area contributed by atoms with Gasteiger partial charge < -0.3 is 14.5 Å². The van der Waals surface area contributed by atoms with Crippen LogP contribution >= 0.6 is 0 Å². The van der Waals surface area contributed by atoms with E-state index in [-0.39, 0.29) is 6.08 Å². The number of para-hydroxylation sites is 1. The van der Waals surface area contributed by atoms with Crippen LogP contribution < -0.4 is 10.1 Å². The van der Waals surface area contributed by atoms with Gasteiger partial charge in [0.1, 0.15) is 12.0 Å². The average Bonchev–Trinajstić information content (AvgIpc) is 2.78. The third-order valence-electron chi connectivity index (χ3n) is 2.44. The summed E-state index contributed by atoms with van der Waals surface area (Å²) in [7, 11) is 1.86. The Balaban J connectivity index is 2.13. The molecule has 0 unspecified atom stereocenters. The molecule has 0 saturated heterocycles. The zero-order valence-electron chi connectivity index (χ0n) is 10.1. The van der Waals surface area contributed by atoms with E-state index in [1.54, 1.807) is 6.26 Å². The van der Waals surface area contributed by atoms with Gasteiger partial charge in [-0.25, -0.2) is 0 Å². The summed E-state index contributed by atoms with van der Waals surface area (Å²) in [5.41, 5.74) is 1.97. The summed E-state index contributed by atoms with van der Waals surface area (Å²) in [6, 6.07) is 7.88. The number of oxazole rings is 1. The number of aromatic nitrogens is 1. The maximum absolute atomic E-state index is 5.62. The second-order valence-electron chi connectivity index (χ2n) is 3.70. The minimum absolute atomic E-state index is 0.288. The van der Waals surface area contributed by atoms with Crippen LogP contribution in [0.25, 0.3) is 0 Å². The van der Waals surface area contributed by atoms with Crippen LogP contribution in [0.15, 0.2) is 34.9 Å². The summed E-state index contributed by atoms with van der Waals surface area (Å²) in [4.78, 5) is 4.22. The molecule has 17 heavy (non-hydrogen) atoms. The van der Waals surface area contributed by atoms with Crippen molar-refractivity contribution in [1.29, 1.82) is 0 Å². The smallest absolute Gasteiger partial charge is 0.399 e. The first-order valence-electron chi connectivity index (χ1n) is 5.68. The SMILES string of the molecule is CCc1ccccc1Oc1nc(CNC)co1. The van der Waals surface area contributed by atoms with E-state index in [2.05, 4.69) is 17.2 Å². The lowest BCUT2D eigenvalue weighted by Gasteiger charge is -2.05. The van der Waals surface area contributed by atoms with Gasteiger partial charge in [-0.2, -0.15) is 4.98 Å². The highest BCUT2D eigenvalue weighted by Gasteiger charge is 2.08. The van der Waals surface area contributed by atoms with Crippen molar-refractivity contribution in [1.82, 2.24) is 10.3 Å². The van der Waals surface area contributed by atoms with Gasteiger partial charge in [-0.15, -0.1) is 0 Å². The highest BCUT2D eigenvalue weighted by Crippen LogP contribution is 2.24. The molecule has 2 aromatic rings. The van der Waals surface area contributed by atoms with Crippen molar-refractivity contribution in [3.8, 4) is 11.8 Å². The van der Waals surface area contributed by atoms with Gasteiger partial charge in [-0.1, -0.05) is 25.1 Å². The topological polar surface area (TPSA) is 47.3 Å². The van der Waals surface area contributed by atoms with Crippen LogP contribution in [-0.2, 0) is 13.0 Å². The number of nitrogens with zero attached hydrogens (tertiary/aromatic N) is 1. The molecule has 0 aliphatic rings. The Kier molecular flexibility index (Phi) is 3.77. The molecule has 0 aliphatic carbocycles. The van der Waals surface area contributed by atoms with Gasteiger partial charge in [-0.3, -0.25) is 0 Å². The number of hydrogen-bond acceptors (Lipinski definition) is 4. The van der Waals surface area contributed by atoms with Crippen LogP contribution in [0.5, 0.6) is 11.8 Å². The zero-order chi connectivity index (χ0) is 12.1. The fourth-order valence-corrected chi connectivity index (χ4v) is 1.59. The molecule has 1 heterocycles. The molecular weight excluding hydrogens is 216 g/mol. The van der Waals surface area contributed by atoms with Crippen LogP contribution in [0.4, 0.5) is 0 Å². The average molecular weight is 232 g/mol. The lowest BCUT2D eigenvalue weighted by molar-refractivity contribution is 0.328. The lowest BCUT2D eigenvalue weighted by atomic mass is 10.1. The third kappa shape index (κ3) is 2.85. The summed E-state index contributed by atoms with van der Waals surface area (Å²) in [5.74, 6) is 0.799. The maximum Gasteiger partial charge on any atom is 0.399 e. The molecule has 0 amide bonds. The van der Waals surface area contributed by atoms with Crippen molar-refractivity contribution >= 4 is 0 Å². The van der Waals surface area contributed by atoms with E-state index in [4.69, 9.17) is 9.15 Å². The molecule has 0 bridgehead atoms. The van der Waals surface area contributed by atoms with Gasteiger partial charge >= 0.3 is 6.08 Å². The molecule has 0 atom stereocenters. The Morgan fingerprint density at radius 1 is 1.35 bits per heavy atom. The Morgan fingerprint density at radius 3 is 2.94 bits per heavy atom. The number of ether oxygens (including phenoxy) is 1. The van der Waals surface area contributed by atoms with Gasteiger partial charge in [0.25, 0.3) is 0 Å². The molecule has 4 heteroatoms. The van der Waals surface area contributed by atoms with Gasteiger partial charge in [0.05, 0.1) is 5.69 Å². The van der Waals surface area contributed by atoms with Gasteiger partial charge in [0, 0.05) is 6.54 Å². The van der Waals surface area contributed by atoms with E-state index in [0.717, 1.165) is 23.4 Å². The minimum atomic E-state index is 0.288. The largest absolute Gasteiger partial charge is 0.417 e. The maximum atomic E-state index is 5.62. The summed E-state index contributed by atoms with van der Waals surface area (Å²) in [6.07, 6.45) is 2.80. The lowest BCUT2D eigenvalue weighted by Crippen LogP contribution is -2.04. The van der Waals surface area contributed by atoms with Crippen LogP contribution in [0.1, 0.15) is 18.2 Å². The van der Waals surface area contributed by atoms with Crippen molar-refractivity contribution in [2.24, 2.45) is 0 Å². The summed E-state index contributed by atoms with van der Waals surface area (Å²) in [6.45, 7) is 2.76. The number of benzene rings is 1. The second kappa shape index (κ2) is 5.50. The summed E-state index contributed by atoms with van der Waals surface area (Å²) in [5, 5.41) is 3.01. The Hall–Kier alpha value is -1.81. The molecule has 0 aliphatic heterocycles.